The lowest BCUT2D eigenvalue weighted by atomic mass is 10.0. The van der Waals surface area contributed by atoms with Crippen molar-refractivity contribution in [3.05, 3.63) is 65.7 Å². The summed E-state index contributed by atoms with van der Waals surface area (Å²) in [5, 5.41) is 3.22. The standard InChI is InChI=1S/C17H18N2O/c1-2-6-14(7-3-1)12-15-8-4-5-9-16(15)20-13-17-18-10-11-19-17/h1-9H,10-13H2,(H,18,19). The van der Waals surface area contributed by atoms with Crippen LogP contribution in [0.15, 0.2) is 59.6 Å². The van der Waals surface area contributed by atoms with E-state index in [1.165, 1.54) is 11.1 Å². The van der Waals surface area contributed by atoms with Crippen molar-refractivity contribution in [2.45, 2.75) is 6.42 Å². The van der Waals surface area contributed by atoms with E-state index >= 15 is 0 Å². The summed E-state index contributed by atoms with van der Waals surface area (Å²) in [5.41, 5.74) is 2.50. The molecule has 0 bridgehead atoms. The van der Waals surface area contributed by atoms with Crippen LogP contribution in [0, 0.1) is 0 Å². The van der Waals surface area contributed by atoms with Gasteiger partial charge in [0.05, 0.1) is 6.54 Å². The van der Waals surface area contributed by atoms with Gasteiger partial charge in [0.1, 0.15) is 18.2 Å². The Bertz CT molecular complexity index is 593. The van der Waals surface area contributed by atoms with Crippen LogP contribution in [-0.2, 0) is 6.42 Å². The number of benzene rings is 2. The summed E-state index contributed by atoms with van der Waals surface area (Å²) in [6, 6.07) is 18.6. The SMILES string of the molecule is c1ccc(Cc2ccccc2OCC2=NCCN2)cc1. The Labute approximate surface area is 119 Å². The molecule has 0 spiro atoms. The van der Waals surface area contributed by atoms with Crippen molar-refractivity contribution >= 4 is 5.84 Å². The molecule has 0 saturated heterocycles. The Balaban J connectivity index is 1.71. The monoisotopic (exact) mass is 266 g/mol. The summed E-state index contributed by atoms with van der Waals surface area (Å²) in [6.07, 6.45) is 0.886. The fourth-order valence-electron chi connectivity index (χ4n) is 2.30. The lowest BCUT2D eigenvalue weighted by Crippen LogP contribution is -2.25. The predicted molar refractivity (Wildman–Crippen MR) is 81.5 cm³/mol. The molecular weight excluding hydrogens is 248 g/mol. The highest BCUT2D eigenvalue weighted by molar-refractivity contribution is 5.85. The zero-order valence-electron chi connectivity index (χ0n) is 11.4. The maximum atomic E-state index is 5.90. The molecule has 0 atom stereocenters. The number of nitrogens with zero attached hydrogens (tertiary/aromatic N) is 1. The molecule has 0 amide bonds. The van der Waals surface area contributed by atoms with Crippen LogP contribution in [0.4, 0.5) is 0 Å². The molecule has 1 heterocycles. The Morgan fingerprint density at radius 3 is 2.60 bits per heavy atom. The molecule has 2 aromatic carbocycles. The van der Waals surface area contributed by atoms with Gasteiger partial charge in [-0.15, -0.1) is 0 Å². The Morgan fingerprint density at radius 1 is 1.00 bits per heavy atom. The van der Waals surface area contributed by atoms with Gasteiger partial charge < -0.3 is 10.1 Å². The van der Waals surface area contributed by atoms with Crippen LogP contribution < -0.4 is 10.1 Å². The van der Waals surface area contributed by atoms with Crippen LogP contribution in [0.2, 0.25) is 0 Å². The van der Waals surface area contributed by atoms with E-state index in [1.54, 1.807) is 0 Å². The molecule has 0 aromatic heterocycles. The van der Waals surface area contributed by atoms with Crippen LogP contribution in [0.5, 0.6) is 5.75 Å². The van der Waals surface area contributed by atoms with Crippen molar-refractivity contribution in [2.75, 3.05) is 19.7 Å². The fraction of sp³-hybridized carbons (Fsp3) is 0.235. The molecule has 0 unspecified atom stereocenters. The van der Waals surface area contributed by atoms with Crippen molar-refractivity contribution in [1.29, 1.82) is 0 Å². The van der Waals surface area contributed by atoms with Crippen molar-refractivity contribution in [1.82, 2.24) is 5.32 Å². The second-order valence-corrected chi connectivity index (χ2v) is 4.81. The summed E-state index contributed by atoms with van der Waals surface area (Å²) in [7, 11) is 0. The van der Waals surface area contributed by atoms with Gasteiger partial charge in [0, 0.05) is 13.0 Å². The van der Waals surface area contributed by atoms with Crippen molar-refractivity contribution in [2.24, 2.45) is 4.99 Å². The van der Waals surface area contributed by atoms with Gasteiger partial charge >= 0.3 is 0 Å². The third-order valence-electron chi connectivity index (χ3n) is 3.32. The molecule has 0 radical (unpaired) electrons. The van der Waals surface area contributed by atoms with Crippen LogP contribution >= 0.6 is 0 Å². The van der Waals surface area contributed by atoms with E-state index in [1.807, 2.05) is 18.2 Å². The third-order valence-corrected chi connectivity index (χ3v) is 3.32. The highest BCUT2D eigenvalue weighted by atomic mass is 16.5. The summed E-state index contributed by atoms with van der Waals surface area (Å²) in [5.74, 6) is 1.88. The fourth-order valence-corrected chi connectivity index (χ4v) is 2.30. The molecule has 0 saturated carbocycles. The second-order valence-electron chi connectivity index (χ2n) is 4.81. The molecule has 1 N–H and O–H groups in total. The van der Waals surface area contributed by atoms with Crippen molar-refractivity contribution < 1.29 is 4.74 Å². The number of aliphatic imine (C=N–C) groups is 1. The van der Waals surface area contributed by atoms with Crippen molar-refractivity contribution in [3.8, 4) is 5.75 Å². The highest BCUT2D eigenvalue weighted by Crippen LogP contribution is 2.21. The number of nitrogens with one attached hydrogen (secondary N) is 1. The summed E-state index contributed by atoms with van der Waals surface area (Å²) in [4.78, 5) is 4.34. The van der Waals surface area contributed by atoms with Gasteiger partial charge in [-0.05, 0) is 17.2 Å². The molecule has 1 aliphatic heterocycles. The van der Waals surface area contributed by atoms with E-state index in [0.29, 0.717) is 6.61 Å². The van der Waals surface area contributed by atoms with E-state index in [0.717, 1.165) is 31.1 Å². The number of amidine groups is 1. The number of rotatable bonds is 5. The van der Waals surface area contributed by atoms with Gasteiger partial charge in [0.15, 0.2) is 0 Å². The first-order chi connectivity index (χ1) is 9.92. The molecule has 0 aliphatic carbocycles. The summed E-state index contributed by atoms with van der Waals surface area (Å²) < 4.78 is 5.90. The van der Waals surface area contributed by atoms with Gasteiger partial charge in [-0.3, -0.25) is 4.99 Å². The average Bonchev–Trinajstić information content (AvgIpc) is 3.01. The lowest BCUT2D eigenvalue weighted by Gasteiger charge is -2.11. The quantitative estimate of drug-likeness (QED) is 0.902. The maximum absolute atomic E-state index is 5.90. The topological polar surface area (TPSA) is 33.6 Å². The number of ether oxygens (including phenoxy) is 1. The largest absolute Gasteiger partial charge is 0.485 e. The number of para-hydroxylation sites is 1. The molecule has 102 valence electrons. The van der Waals surface area contributed by atoms with Gasteiger partial charge in [-0.1, -0.05) is 48.5 Å². The number of hydrogen-bond acceptors (Lipinski definition) is 3. The Morgan fingerprint density at radius 2 is 1.80 bits per heavy atom. The highest BCUT2D eigenvalue weighted by Gasteiger charge is 2.08. The zero-order chi connectivity index (χ0) is 13.6. The first kappa shape index (κ1) is 12.7. The normalized spacial score (nSPS) is 13.7. The van der Waals surface area contributed by atoms with Crippen LogP contribution in [-0.4, -0.2) is 25.5 Å². The molecule has 20 heavy (non-hydrogen) atoms. The minimum Gasteiger partial charge on any atom is -0.485 e. The molecule has 3 rings (SSSR count). The summed E-state index contributed by atoms with van der Waals surface area (Å²) >= 11 is 0. The van der Waals surface area contributed by atoms with Gasteiger partial charge in [0.25, 0.3) is 0 Å². The van der Waals surface area contributed by atoms with Gasteiger partial charge in [-0.2, -0.15) is 0 Å². The Kier molecular flexibility index (Phi) is 3.97. The van der Waals surface area contributed by atoms with E-state index in [-0.39, 0.29) is 0 Å². The van der Waals surface area contributed by atoms with E-state index in [2.05, 4.69) is 46.7 Å². The van der Waals surface area contributed by atoms with Crippen molar-refractivity contribution in [3.63, 3.8) is 0 Å². The van der Waals surface area contributed by atoms with Crippen LogP contribution in [0.3, 0.4) is 0 Å². The smallest absolute Gasteiger partial charge is 0.145 e. The minimum absolute atomic E-state index is 0.520. The van der Waals surface area contributed by atoms with Crippen LogP contribution in [0.25, 0.3) is 0 Å². The molecule has 1 aliphatic rings. The Hall–Kier alpha value is -2.29. The first-order valence-electron chi connectivity index (χ1n) is 6.93. The minimum atomic E-state index is 0.520. The summed E-state index contributed by atoms with van der Waals surface area (Å²) in [6.45, 7) is 2.29. The number of hydrogen-bond donors (Lipinski definition) is 1. The average molecular weight is 266 g/mol. The maximum Gasteiger partial charge on any atom is 0.145 e. The zero-order valence-corrected chi connectivity index (χ0v) is 11.4. The van der Waals surface area contributed by atoms with E-state index in [9.17, 15) is 0 Å². The van der Waals surface area contributed by atoms with Crippen LogP contribution in [0.1, 0.15) is 11.1 Å². The second kappa shape index (κ2) is 6.24. The van der Waals surface area contributed by atoms with Gasteiger partial charge in [-0.25, -0.2) is 0 Å². The lowest BCUT2D eigenvalue weighted by molar-refractivity contribution is 0.370. The first-order valence-corrected chi connectivity index (χ1v) is 6.93. The molecule has 3 nitrogen and oxygen atoms in total. The third kappa shape index (κ3) is 3.18. The van der Waals surface area contributed by atoms with E-state index < -0.39 is 0 Å². The molecular formula is C17H18N2O. The van der Waals surface area contributed by atoms with E-state index in [4.69, 9.17) is 4.74 Å². The van der Waals surface area contributed by atoms with Gasteiger partial charge in [0.2, 0.25) is 0 Å². The molecule has 0 fully saturated rings. The predicted octanol–water partition coefficient (Wildman–Crippen LogP) is 2.66. The molecule has 3 heteroatoms. The molecule has 2 aromatic rings.